The largest absolute Gasteiger partial charge is 0.491 e. The van der Waals surface area contributed by atoms with Crippen molar-refractivity contribution in [1.29, 1.82) is 0 Å². The SMILES string of the molecule is c1cc2[nH]c(-c3cc(-c4cncc(OCCN5CCCC5)c4)[nH]n3)nc2c(-c2ccc3c(c2)OCO3)n1. The van der Waals surface area contributed by atoms with Crippen LogP contribution in [0.5, 0.6) is 17.2 Å². The molecule has 1 saturated heterocycles. The van der Waals surface area contributed by atoms with Crippen LogP contribution in [0.4, 0.5) is 0 Å². The number of aromatic nitrogens is 6. The maximum absolute atomic E-state index is 5.96. The Hall–Kier alpha value is -4.44. The van der Waals surface area contributed by atoms with Gasteiger partial charge in [-0.1, -0.05) is 0 Å². The number of benzene rings is 1. The minimum atomic E-state index is 0.230. The van der Waals surface area contributed by atoms with Crippen molar-refractivity contribution in [1.82, 2.24) is 35.0 Å². The topological polar surface area (TPSA) is 114 Å². The number of likely N-dealkylation sites (tertiary alicyclic amines) is 1. The molecule has 0 saturated carbocycles. The first kappa shape index (κ1) is 21.8. The molecule has 5 aromatic rings. The molecule has 1 aromatic carbocycles. The summed E-state index contributed by atoms with van der Waals surface area (Å²) in [6, 6.07) is 11.6. The summed E-state index contributed by atoms with van der Waals surface area (Å²) in [4.78, 5) is 19.6. The smallest absolute Gasteiger partial charge is 0.231 e. The lowest BCUT2D eigenvalue weighted by molar-refractivity contribution is 0.174. The average molecular weight is 496 g/mol. The van der Waals surface area contributed by atoms with E-state index in [0.717, 1.165) is 64.7 Å². The van der Waals surface area contributed by atoms with Gasteiger partial charge in [0.2, 0.25) is 6.79 Å². The van der Waals surface area contributed by atoms with Crippen molar-refractivity contribution in [2.45, 2.75) is 12.8 Å². The number of hydrogen-bond donors (Lipinski definition) is 2. The number of fused-ring (bicyclic) bond motifs is 2. The van der Waals surface area contributed by atoms with E-state index >= 15 is 0 Å². The zero-order valence-corrected chi connectivity index (χ0v) is 20.1. The highest BCUT2D eigenvalue weighted by Crippen LogP contribution is 2.37. The Labute approximate surface area is 212 Å². The van der Waals surface area contributed by atoms with Crippen LogP contribution in [-0.2, 0) is 0 Å². The number of nitrogens with one attached hydrogen (secondary N) is 2. The first-order valence-corrected chi connectivity index (χ1v) is 12.4. The maximum Gasteiger partial charge on any atom is 0.231 e. The van der Waals surface area contributed by atoms with Crippen molar-refractivity contribution >= 4 is 11.0 Å². The molecular formula is C27H25N7O3. The van der Waals surface area contributed by atoms with E-state index < -0.39 is 0 Å². The molecule has 0 amide bonds. The molecule has 0 bridgehead atoms. The van der Waals surface area contributed by atoms with Crippen molar-refractivity contribution in [2.24, 2.45) is 0 Å². The van der Waals surface area contributed by atoms with Crippen LogP contribution < -0.4 is 14.2 Å². The minimum absolute atomic E-state index is 0.230. The van der Waals surface area contributed by atoms with Crippen LogP contribution in [0.2, 0.25) is 0 Å². The molecule has 0 atom stereocenters. The van der Waals surface area contributed by atoms with Crippen molar-refractivity contribution in [2.75, 3.05) is 33.0 Å². The highest BCUT2D eigenvalue weighted by atomic mass is 16.7. The number of nitrogens with zero attached hydrogens (tertiary/aromatic N) is 5. The molecule has 0 unspecified atom stereocenters. The van der Waals surface area contributed by atoms with E-state index in [4.69, 9.17) is 19.2 Å². The second-order valence-corrected chi connectivity index (χ2v) is 9.18. The fourth-order valence-electron chi connectivity index (χ4n) is 4.85. The summed E-state index contributed by atoms with van der Waals surface area (Å²) < 4.78 is 16.9. The van der Waals surface area contributed by atoms with Crippen LogP contribution in [0, 0.1) is 0 Å². The Balaban J connectivity index is 1.13. The molecular weight excluding hydrogens is 470 g/mol. The minimum Gasteiger partial charge on any atom is -0.491 e. The Kier molecular flexibility index (Phi) is 5.43. The van der Waals surface area contributed by atoms with Gasteiger partial charge >= 0.3 is 0 Å². The van der Waals surface area contributed by atoms with Gasteiger partial charge in [0.1, 0.15) is 23.6 Å². The molecule has 0 aliphatic carbocycles. The molecule has 37 heavy (non-hydrogen) atoms. The molecule has 10 heteroatoms. The summed E-state index contributed by atoms with van der Waals surface area (Å²) in [5, 5.41) is 7.61. The van der Waals surface area contributed by atoms with E-state index in [2.05, 4.69) is 30.0 Å². The lowest BCUT2D eigenvalue weighted by Gasteiger charge is -2.14. The van der Waals surface area contributed by atoms with Gasteiger partial charge in [-0.2, -0.15) is 5.10 Å². The zero-order valence-electron chi connectivity index (χ0n) is 20.1. The Morgan fingerprint density at radius 1 is 0.973 bits per heavy atom. The van der Waals surface area contributed by atoms with E-state index in [1.54, 1.807) is 18.6 Å². The number of rotatable bonds is 7. The predicted octanol–water partition coefficient (Wildman–Crippen LogP) is 4.28. The molecule has 186 valence electrons. The number of hydrogen-bond acceptors (Lipinski definition) is 8. The second kappa shape index (κ2) is 9.21. The number of pyridine rings is 2. The number of imidazole rings is 1. The average Bonchev–Trinajstić information content (AvgIpc) is 3.74. The number of aromatic amines is 2. The van der Waals surface area contributed by atoms with Gasteiger partial charge in [0.15, 0.2) is 17.3 Å². The van der Waals surface area contributed by atoms with Gasteiger partial charge in [-0.3, -0.25) is 20.0 Å². The molecule has 10 nitrogen and oxygen atoms in total. The summed E-state index contributed by atoms with van der Waals surface area (Å²) in [7, 11) is 0. The highest BCUT2D eigenvalue weighted by Gasteiger charge is 2.18. The molecule has 1 fully saturated rings. The lowest BCUT2D eigenvalue weighted by Crippen LogP contribution is -2.25. The quantitative estimate of drug-likeness (QED) is 0.344. The highest BCUT2D eigenvalue weighted by molar-refractivity contribution is 5.91. The molecule has 0 spiro atoms. The fraction of sp³-hybridized carbons (Fsp3) is 0.259. The van der Waals surface area contributed by atoms with Gasteiger partial charge in [-0.25, -0.2) is 4.98 Å². The number of ether oxygens (including phenoxy) is 3. The summed E-state index contributed by atoms with van der Waals surface area (Å²) >= 11 is 0. The van der Waals surface area contributed by atoms with Crippen molar-refractivity contribution in [3.63, 3.8) is 0 Å². The summed E-state index contributed by atoms with van der Waals surface area (Å²) in [6.45, 7) is 4.14. The summed E-state index contributed by atoms with van der Waals surface area (Å²) in [6.07, 6.45) is 7.86. The van der Waals surface area contributed by atoms with E-state index in [1.165, 1.54) is 12.8 Å². The summed E-state index contributed by atoms with van der Waals surface area (Å²) in [5.74, 6) is 2.84. The first-order chi connectivity index (χ1) is 18.3. The zero-order chi connectivity index (χ0) is 24.6. The molecule has 4 aromatic heterocycles. The van der Waals surface area contributed by atoms with Crippen LogP contribution in [0.25, 0.3) is 45.1 Å². The molecule has 2 aliphatic heterocycles. The van der Waals surface area contributed by atoms with Gasteiger partial charge in [0, 0.05) is 30.1 Å². The molecule has 7 rings (SSSR count). The maximum atomic E-state index is 5.96. The predicted molar refractivity (Wildman–Crippen MR) is 137 cm³/mol. The normalized spacial score (nSPS) is 15.0. The molecule has 6 heterocycles. The van der Waals surface area contributed by atoms with E-state index in [0.29, 0.717) is 23.9 Å². The van der Waals surface area contributed by atoms with Crippen molar-refractivity contribution < 1.29 is 14.2 Å². The Bertz CT molecular complexity index is 1570. The third kappa shape index (κ3) is 4.25. The lowest BCUT2D eigenvalue weighted by atomic mass is 10.1. The molecule has 2 N–H and O–H groups in total. The molecule has 2 aliphatic rings. The van der Waals surface area contributed by atoms with Gasteiger partial charge in [0.05, 0.1) is 23.1 Å². The Morgan fingerprint density at radius 2 is 1.89 bits per heavy atom. The van der Waals surface area contributed by atoms with Crippen LogP contribution in [0.3, 0.4) is 0 Å². The number of H-pyrrole nitrogens is 2. The van der Waals surface area contributed by atoms with Gasteiger partial charge in [-0.15, -0.1) is 0 Å². The first-order valence-electron chi connectivity index (χ1n) is 12.4. The summed E-state index contributed by atoms with van der Waals surface area (Å²) in [5.41, 5.74) is 5.73. The fourth-order valence-corrected chi connectivity index (χ4v) is 4.85. The van der Waals surface area contributed by atoms with E-state index in [-0.39, 0.29) is 6.79 Å². The van der Waals surface area contributed by atoms with Crippen LogP contribution in [0.15, 0.2) is 55.0 Å². The second-order valence-electron chi connectivity index (χ2n) is 9.18. The van der Waals surface area contributed by atoms with Crippen molar-refractivity contribution in [3.05, 3.63) is 55.0 Å². The van der Waals surface area contributed by atoms with Crippen LogP contribution in [-0.4, -0.2) is 68.1 Å². The van der Waals surface area contributed by atoms with E-state index in [1.807, 2.05) is 36.4 Å². The van der Waals surface area contributed by atoms with Gasteiger partial charge in [0.25, 0.3) is 0 Å². The van der Waals surface area contributed by atoms with Crippen LogP contribution >= 0.6 is 0 Å². The standard InChI is InChI=1S/C27H25N7O3/c1-2-8-34(7-1)9-10-35-19-11-18(14-28-15-19)21-13-22(33-32-21)27-30-20-5-6-29-25(26(20)31-27)17-3-4-23-24(12-17)37-16-36-23/h3-6,11-15H,1-2,7-10,16H2,(H,30,31)(H,32,33). The Morgan fingerprint density at radius 3 is 2.84 bits per heavy atom. The van der Waals surface area contributed by atoms with Gasteiger partial charge in [-0.05, 0) is 62.3 Å². The molecule has 0 radical (unpaired) electrons. The van der Waals surface area contributed by atoms with E-state index in [9.17, 15) is 0 Å². The van der Waals surface area contributed by atoms with Crippen LogP contribution in [0.1, 0.15) is 12.8 Å². The third-order valence-corrected chi connectivity index (χ3v) is 6.77. The van der Waals surface area contributed by atoms with Crippen molar-refractivity contribution in [3.8, 4) is 51.3 Å². The monoisotopic (exact) mass is 495 g/mol. The van der Waals surface area contributed by atoms with Gasteiger partial charge < -0.3 is 19.2 Å². The third-order valence-electron chi connectivity index (χ3n) is 6.77.